The Labute approximate surface area is 163 Å². The average molecular weight is 420 g/mol. The Bertz CT molecular complexity index is 818. The molecule has 0 amide bonds. The fraction of sp³-hybridized carbons (Fsp3) is 0.353. The second-order valence-electron chi connectivity index (χ2n) is 4.97. The van der Waals surface area contributed by atoms with Gasteiger partial charge in [0.1, 0.15) is 10.7 Å². The Hall–Kier alpha value is -1.77. The Morgan fingerprint density at radius 2 is 2.04 bits per heavy atom. The standard InChI is InChI=1S/C17H22ClNO5S2/c1-6-13(23-5)14(24-7-2)9-8-12(3)19(4)26(21,22)16-10-17(18)25-15(16)11-20/h8-11H,3,6-7H2,1-2,4-5H3/b9-8-,14-13-. The summed E-state index contributed by atoms with van der Waals surface area (Å²) in [5.41, 5.74) is 0.188. The summed E-state index contributed by atoms with van der Waals surface area (Å²) in [6.07, 6.45) is 4.19. The predicted octanol–water partition coefficient (Wildman–Crippen LogP) is 4.21. The van der Waals surface area contributed by atoms with E-state index in [0.717, 1.165) is 15.6 Å². The van der Waals surface area contributed by atoms with Crippen molar-refractivity contribution in [2.24, 2.45) is 0 Å². The molecule has 0 aliphatic heterocycles. The summed E-state index contributed by atoms with van der Waals surface area (Å²) in [5.74, 6) is 1.13. The molecule has 1 aromatic heterocycles. The number of rotatable bonds is 10. The van der Waals surface area contributed by atoms with Gasteiger partial charge in [-0.3, -0.25) is 9.10 Å². The number of halogens is 1. The normalized spacial score (nSPS) is 12.7. The van der Waals surface area contributed by atoms with Crippen molar-refractivity contribution in [3.05, 3.63) is 51.2 Å². The predicted molar refractivity (Wildman–Crippen MR) is 104 cm³/mol. The molecule has 0 unspecified atom stereocenters. The lowest BCUT2D eigenvalue weighted by atomic mass is 10.3. The molecule has 0 fully saturated rings. The molecule has 0 aliphatic carbocycles. The minimum Gasteiger partial charge on any atom is -0.497 e. The maximum atomic E-state index is 12.7. The molecule has 1 rings (SSSR count). The molecule has 0 saturated carbocycles. The van der Waals surface area contributed by atoms with Gasteiger partial charge >= 0.3 is 0 Å². The quantitative estimate of drug-likeness (QED) is 0.322. The Kier molecular flexibility index (Phi) is 8.39. The minimum absolute atomic E-state index is 0.0428. The lowest BCUT2D eigenvalue weighted by Crippen LogP contribution is -2.25. The first-order valence-electron chi connectivity index (χ1n) is 7.73. The Morgan fingerprint density at radius 1 is 1.38 bits per heavy atom. The number of nitrogens with zero attached hydrogens (tertiary/aromatic N) is 1. The van der Waals surface area contributed by atoms with Crippen LogP contribution >= 0.6 is 22.9 Å². The molecule has 26 heavy (non-hydrogen) atoms. The van der Waals surface area contributed by atoms with Gasteiger partial charge < -0.3 is 9.47 Å². The van der Waals surface area contributed by atoms with Crippen molar-refractivity contribution < 1.29 is 22.7 Å². The van der Waals surface area contributed by atoms with Gasteiger partial charge in [0.2, 0.25) is 0 Å². The fourth-order valence-electron chi connectivity index (χ4n) is 2.02. The number of aldehydes is 1. The number of allylic oxidation sites excluding steroid dienone is 3. The van der Waals surface area contributed by atoms with E-state index in [2.05, 4.69) is 6.58 Å². The minimum atomic E-state index is -3.96. The van der Waals surface area contributed by atoms with Crippen LogP contribution in [0.25, 0.3) is 0 Å². The van der Waals surface area contributed by atoms with Crippen LogP contribution in [0.3, 0.4) is 0 Å². The van der Waals surface area contributed by atoms with Crippen LogP contribution in [0.15, 0.2) is 46.9 Å². The Morgan fingerprint density at radius 3 is 2.54 bits per heavy atom. The van der Waals surface area contributed by atoms with E-state index in [1.165, 1.54) is 19.2 Å². The first-order chi connectivity index (χ1) is 12.2. The van der Waals surface area contributed by atoms with Crippen LogP contribution in [0.1, 0.15) is 29.9 Å². The van der Waals surface area contributed by atoms with E-state index >= 15 is 0 Å². The second kappa shape index (κ2) is 9.80. The SMILES string of the molecule is C=C(/C=C\C(OCC)=C(/CC)OC)N(C)S(=O)(=O)c1cc(Cl)sc1C=O. The number of carbonyl (C=O) groups is 1. The van der Waals surface area contributed by atoms with E-state index < -0.39 is 10.0 Å². The molecule has 0 atom stereocenters. The third-order valence-electron chi connectivity index (χ3n) is 3.41. The van der Waals surface area contributed by atoms with Crippen LogP contribution in [0.2, 0.25) is 4.34 Å². The lowest BCUT2D eigenvalue weighted by molar-refractivity contribution is 0.112. The molecule has 0 spiro atoms. The molecule has 0 aliphatic rings. The first kappa shape index (κ1) is 22.3. The molecule has 6 nitrogen and oxygen atoms in total. The average Bonchev–Trinajstić information content (AvgIpc) is 3.01. The van der Waals surface area contributed by atoms with Crippen molar-refractivity contribution in [2.45, 2.75) is 25.2 Å². The van der Waals surface area contributed by atoms with Gasteiger partial charge in [0.25, 0.3) is 10.0 Å². The molecular weight excluding hydrogens is 398 g/mol. The number of hydrogen-bond donors (Lipinski definition) is 0. The summed E-state index contributed by atoms with van der Waals surface area (Å²) < 4.78 is 37.5. The molecule has 0 aromatic carbocycles. The zero-order chi connectivity index (χ0) is 19.9. The van der Waals surface area contributed by atoms with Crippen molar-refractivity contribution in [3.8, 4) is 0 Å². The van der Waals surface area contributed by atoms with Gasteiger partial charge in [-0.15, -0.1) is 11.3 Å². The van der Waals surface area contributed by atoms with Gasteiger partial charge in [0, 0.05) is 19.2 Å². The van der Waals surface area contributed by atoms with E-state index in [0.29, 0.717) is 30.8 Å². The summed E-state index contributed by atoms with van der Waals surface area (Å²) in [7, 11) is -1.07. The highest BCUT2D eigenvalue weighted by atomic mass is 35.5. The molecule has 1 aromatic rings. The van der Waals surface area contributed by atoms with Crippen molar-refractivity contribution in [1.82, 2.24) is 4.31 Å². The third kappa shape index (κ3) is 5.12. The number of hydrogen-bond acceptors (Lipinski definition) is 6. The number of sulfonamides is 1. The van der Waals surface area contributed by atoms with Crippen molar-refractivity contribution in [2.75, 3.05) is 20.8 Å². The summed E-state index contributed by atoms with van der Waals surface area (Å²) in [6.45, 7) is 7.96. The van der Waals surface area contributed by atoms with Gasteiger partial charge in [0.15, 0.2) is 12.0 Å². The number of carbonyl (C=O) groups excluding carboxylic acids is 1. The van der Waals surface area contributed by atoms with E-state index in [1.54, 1.807) is 13.2 Å². The van der Waals surface area contributed by atoms with E-state index in [9.17, 15) is 13.2 Å². The molecule has 144 valence electrons. The summed E-state index contributed by atoms with van der Waals surface area (Å²) in [6, 6.07) is 1.25. The van der Waals surface area contributed by atoms with Crippen molar-refractivity contribution in [1.29, 1.82) is 0 Å². The van der Waals surface area contributed by atoms with Gasteiger partial charge in [-0.25, -0.2) is 8.42 Å². The molecule has 0 bridgehead atoms. The largest absolute Gasteiger partial charge is 0.497 e. The van der Waals surface area contributed by atoms with Gasteiger partial charge in [-0.2, -0.15) is 0 Å². The number of ether oxygens (including phenoxy) is 2. The van der Waals surface area contributed by atoms with E-state index in [1.807, 2.05) is 13.8 Å². The maximum absolute atomic E-state index is 12.7. The fourth-order valence-corrected chi connectivity index (χ4v) is 4.78. The van der Waals surface area contributed by atoms with Crippen LogP contribution < -0.4 is 0 Å². The second-order valence-corrected chi connectivity index (χ2v) is 8.62. The first-order valence-corrected chi connectivity index (χ1v) is 10.4. The monoisotopic (exact) mass is 419 g/mol. The van der Waals surface area contributed by atoms with Crippen LogP contribution in [-0.4, -0.2) is 39.8 Å². The third-order valence-corrected chi connectivity index (χ3v) is 6.58. The number of methoxy groups -OCH3 is 1. The summed E-state index contributed by atoms with van der Waals surface area (Å²) >= 11 is 6.75. The smallest absolute Gasteiger partial charge is 0.265 e. The lowest BCUT2D eigenvalue weighted by Gasteiger charge is -2.19. The van der Waals surface area contributed by atoms with Gasteiger partial charge in [-0.05, 0) is 25.1 Å². The zero-order valence-corrected chi connectivity index (χ0v) is 17.5. The van der Waals surface area contributed by atoms with Gasteiger partial charge in [0.05, 0.1) is 22.9 Å². The van der Waals surface area contributed by atoms with Crippen LogP contribution in [0.4, 0.5) is 0 Å². The highest BCUT2D eigenvalue weighted by molar-refractivity contribution is 7.89. The Balaban J connectivity index is 3.16. The van der Waals surface area contributed by atoms with Crippen molar-refractivity contribution >= 4 is 39.2 Å². The van der Waals surface area contributed by atoms with Crippen LogP contribution in [0, 0.1) is 0 Å². The number of likely N-dealkylation sites (N-methyl/N-ethyl adjacent to an activating group) is 1. The molecule has 0 saturated heterocycles. The molecule has 9 heteroatoms. The van der Waals surface area contributed by atoms with Crippen LogP contribution in [0.5, 0.6) is 0 Å². The molecular formula is C17H22ClNO5S2. The highest BCUT2D eigenvalue weighted by Crippen LogP contribution is 2.31. The molecule has 0 radical (unpaired) electrons. The summed E-state index contributed by atoms with van der Waals surface area (Å²) in [5, 5.41) is 0. The highest BCUT2D eigenvalue weighted by Gasteiger charge is 2.26. The van der Waals surface area contributed by atoms with Crippen molar-refractivity contribution in [3.63, 3.8) is 0 Å². The van der Waals surface area contributed by atoms with E-state index in [-0.39, 0.29) is 19.8 Å². The number of thiophene rings is 1. The zero-order valence-electron chi connectivity index (χ0n) is 15.1. The molecule has 1 heterocycles. The van der Waals surface area contributed by atoms with E-state index in [4.69, 9.17) is 21.1 Å². The van der Waals surface area contributed by atoms with Gasteiger partial charge in [-0.1, -0.05) is 25.1 Å². The van der Waals surface area contributed by atoms with Crippen LogP contribution in [-0.2, 0) is 19.5 Å². The molecule has 0 N–H and O–H groups in total. The summed E-state index contributed by atoms with van der Waals surface area (Å²) in [4.78, 5) is 11.0. The maximum Gasteiger partial charge on any atom is 0.265 e. The topological polar surface area (TPSA) is 72.9 Å².